The summed E-state index contributed by atoms with van der Waals surface area (Å²) in [7, 11) is 0. The number of likely N-dealkylation sites (tertiary alicyclic amines) is 1. The van der Waals surface area contributed by atoms with Gasteiger partial charge in [0.15, 0.2) is 5.96 Å². The third-order valence-corrected chi connectivity index (χ3v) is 5.94. The van der Waals surface area contributed by atoms with Crippen LogP contribution in [0.15, 0.2) is 29.3 Å². The highest BCUT2D eigenvalue weighted by Gasteiger charge is 2.34. The average molecular weight is 362 g/mol. The smallest absolute Gasteiger partial charge is 0.191 e. The van der Waals surface area contributed by atoms with E-state index in [2.05, 4.69) is 26.8 Å². The van der Waals surface area contributed by atoms with Gasteiger partial charge in [0, 0.05) is 56.0 Å². The monoisotopic (exact) mass is 361 g/mol. The van der Waals surface area contributed by atoms with Crippen LogP contribution >= 0.6 is 11.6 Å². The number of aliphatic imine (C=N–C) groups is 1. The fourth-order valence-electron chi connectivity index (χ4n) is 3.95. The summed E-state index contributed by atoms with van der Waals surface area (Å²) < 4.78 is 0. The minimum atomic E-state index is 0.689. The first-order chi connectivity index (χ1) is 12.2. The zero-order valence-corrected chi connectivity index (χ0v) is 15.5. The first-order valence-corrected chi connectivity index (χ1v) is 9.86. The van der Waals surface area contributed by atoms with Gasteiger partial charge >= 0.3 is 0 Å². The molecule has 2 aliphatic heterocycles. The van der Waals surface area contributed by atoms with Gasteiger partial charge in [0.1, 0.15) is 0 Å². The molecule has 0 radical (unpaired) electrons. The number of guanidine groups is 1. The molecule has 6 heteroatoms. The minimum Gasteiger partial charge on any atom is -0.370 e. The Morgan fingerprint density at radius 3 is 2.44 bits per heavy atom. The average Bonchev–Trinajstić information content (AvgIpc) is 3.39. The van der Waals surface area contributed by atoms with E-state index in [0.717, 1.165) is 49.7 Å². The van der Waals surface area contributed by atoms with Crippen molar-refractivity contribution in [2.45, 2.75) is 25.3 Å². The van der Waals surface area contributed by atoms with Gasteiger partial charge in [-0.3, -0.25) is 4.99 Å². The highest BCUT2D eigenvalue weighted by molar-refractivity contribution is 6.30. The highest BCUT2D eigenvalue weighted by atomic mass is 35.5. The third kappa shape index (κ3) is 4.21. The highest BCUT2D eigenvalue weighted by Crippen LogP contribution is 2.31. The Labute approximate surface area is 155 Å². The molecule has 0 bridgehead atoms. The molecule has 2 N–H and O–H groups in total. The van der Waals surface area contributed by atoms with E-state index in [4.69, 9.17) is 22.3 Å². The Balaban J connectivity index is 1.24. The maximum Gasteiger partial charge on any atom is 0.191 e. The van der Waals surface area contributed by atoms with Crippen molar-refractivity contribution in [2.24, 2.45) is 16.6 Å². The Morgan fingerprint density at radius 2 is 1.76 bits per heavy atom. The lowest BCUT2D eigenvalue weighted by Gasteiger charge is -2.36. The van der Waals surface area contributed by atoms with Crippen LogP contribution in [0.5, 0.6) is 0 Å². The molecule has 1 aromatic rings. The van der Waals surface area contributed by atoms with Crippen LogP contribution in [0, 0.1) is 5.92 Å². The summed E-state index contributed by atoms with van der Waals surface area (Å²) in [6.45, 7) is 7.14. The number of hydrogen-bond donors (Lipinski definition) is 1. The summed E-state index contributed by atoms with van der Waals surface area (Å²) in [4.78, 5) is 12.0. The molecule has 5 nitrogen and oxygen atoms in total. The maximum absolute atomic E-state index is 6.26. The molecule has 2 saturated heterocycles. The fraction of sp³-hybridized carbons (Fsp3) is 0.632. The number of halogens is 1. The predicted molar refractivity (Wildman–Crippen MR) is 104 cm³/mol. The molecule has 3 aliphatic rings. The second-order valence-electron chi connectivity index (χ2n) is 7.53. The Kier molecular flexibility index (Phi) is 5.04. The number of nitrogens with zero attached hydrogens (tertiary/aromatic N) is 4. The Bertz CT molecular complexity index is 605. The van der Waals surface area contributed by atoms with Gasteiger partial charge in [-0.1, -0.05) is 11.6 Å². The zero-order valence-electron chi connectivity index (χ0n) is 14.8. The van der Waals surface area contributed by atoms with Crippen LogP contribution in [0.2, 0.25) is 5.02 Å². The molecule has 2 heterocycles. The van der Waals surface area contributed by atoms with Gasteiger partial charge < -0.3 is 20.4 Å². The van der Waals surface area contributed by atoms with Crippen molar-refractivity contribution >= 4 is 23.2 Å². The van der Waals surface area contributed by atoms with Crippen molar-refractivity contribution in [3.63, 3.8) is 0 Å². The lowest BCUT2D eigenvalue weighted by atomic mass is 10.1. The molecule has 1 saturated carbocycles. The largest absolute Gasteiger partial charge is 0.370 e. The summed E-state index contributed by atoms with van der Waals surface area (Å²) in [5.74, 6) is 1.41. The third-order valence-electron chi connectivity index (χ3n) is 5.69. The molecule has 25 heavy (non-hydrogen) atoms. The first kappa shape index (κ1) is 17.0. The number of benzene rings is 1. The summed E-state index contributed by atoms with van der Waals surface area (Å²) >= 11 is 5.97. The van der Waals surface area contributed by atoms with Crippen molar-refractivity contribution in [2.75, 3.05) is 50.7 Å². The van der Waals surface area contributed by atoms with E-state index in [1.165, 1.54) is 38.0 Å². The Hall–Kier alpha value is -1.46. The molecular formula is C19H28ClN5. The van der Waals surface area contributed by atoms with Crippen molar-refractivity contribution in [1.29, 1.82) is 0 Å². The van der Waals surface area contributed by atoms with E-state index in [-0.39, 0.29) is 0 Å². The van der Waals surface area contributed by atoms with Gasteiger partial charge in [-0.25, -0.2) is 0 Å². The van der Waals surface area contributed by atoms with Crippen molar-refractivity contribution < 1.29 is 0 Å². The normalized spacial score (nSPS) is 25.6. The molecular weight excluding hydrogens is 334 g/mol. The van der Waals surface area contributed by atoms with Gasteiger partial charge in [0.25, 0.3) is 0 Å². The van der Waals surface area contributed by atoms with E-state index < -0.39 is 0 Å². The van der Waals surface area contributed by atoms with Crippen molar-refractivity contribution in [3.8, 4) is 0 Å². The van der Waals surface area contributed by atoms with Crippen LogP contribution < -0.4 is 10.6 Å². The van der Waals surface area contributed by atoms with Crippen LogP contribution in [-0.4, -0.2) is 67.6 Å². The SMILES string of the molecule is NC(=NCC1CCN(C2CC2)C1)N1CCN(c2ccc(Cl)cc2)CC1. The molecule has 1 atom stereocenters. The lowest BCUT2D eigenvalue weighted by molar-refractivity contribution is 0.315. The molecule has 1 aromatic carbocycles. The van der Waals surface area contributed by atoms with Gasteiger partial charge in [-0.15, -0.1) is 0 Å². The van der Waals surface area contributed by atoms with E-state index >= 15 is 0 Å². The van der Waals surface area contributed by atoms with Gasteiger partial charge in [-0.05, 0) is 56.0 Å². The summed E-state index contributed by atoms with van der Waals surface area (Å²) in [5, 5.41) is 0.783. The van der Waals surface area contributed by atoms with E-state index in [1.54, 1.807) is 0 Å². The summed E-state index contributed by atoms with van der Waals surface area (Å²) in [6.07, 6.45) is 4.07. The second kappa shape index (κ2) is 7.42. The number of rotatable bonds is 4. The predicted octanol–water partition coefficient (Wildman–Crippen LogP) is 2.26. The molecule has 1 unspecified atom stereocenters. The standard InChI is InChI=1S/C19H28ClN5/c20-16-1-3-17(4-2-16)23-9-11-24(12-10-23)19(21)22-13-15-7-8-25(14-15)18-5-6-18/h1-4,15,18H,5-14H2,(H2,21,22). The zero-order chi connectivity index (χ0) is 17.2. The molecule has 0 aromatic heterocycles. The first-order valence-electron chi connectivity index (χ1n) is 9.48. The van der Waals surface area contributed by atoms with Crippen LogP contribution in [0.1, 0.15) is 19.3 Å². The van der Waals surface area contributed by atoms with Crippen LogP contribution in [0.3, 0.4) is 0 Å². The number of anilines is 1. The van der Waals surface area contributed by atoms with Crippen LogP contribution in [0.4, 0.5) is 5.69 Å². The molecule has 136 valence electrons. The van der Waals surface area contributed by atoms with Gasteiger partial charge in [0.2, 0.25) is 0 Å². The molecule has 0 spiro atoms. The molecule has 0 amide bonds. The number of hydrogen-bond acceptors (Lipinski definition) is 3. The summed E-state index contributed by atoms with van der Waals surface area (Å²) in [5.41, 5.74) is 7.49. The fourth-order valence-corrected chi connectivity index (χ4v) is 4.08. The molecule has 1 aliphatic carbocycles. The van der Waals surface area contributed by atoms with Gasteiger partial charge in [0.05, 0.1) is 0 Å². The van der Waals surface area contributed by atoms with Crippen molar-refractivity contribution in [1.82, 2.24) is 9.80 Å². The van der Waals surface area contributed by atoms with E-state index in [0.29, 0.717) is 5.92 Å². The Morgan fingerprint density at radius 1 is 1.04 bits per heavy atom. The van der Waals surface area contributed by atoms with Crippen molar-refractivity contribution in [3.05, 3.63) is 29.3 Å². The summed E-state index contributed by atoms with van der Waals surface area (Å²) in [6, 6.07) is 8.95. The lowest BCUT2D eigenvalue weighted by Crippen LogP contribution is -2.51. The van der Waals surface area contributed by atoms with Gasteiger partial charge in [-0.2, -0.15) is 0 Å². The second-order valence-corrected chi connectivity index (χ2v) is 7.97. The topological polar surface area (TPSA) is 48.1 Å². The van der Waals surface area contributed by atoms with E-state index in [1.807, 2.05) is 12.1 Å². The van der Waals surface area contributed by atoms with Crippen LogP contribution in [0.25, 0.3) is 0 Å². The quantitative estimate of drug-likeness (QED) is 0.660. The van der Waals surface area contributed by atoms with Crippen LogP contribution in [-0.2, 0) is 0 Å². The molecule has 4 rings (SSSR count). The maximum atomic E-state index is 6.26. The molecule has 3 fully saturated rings. The number of nitrogens with two attached hydrogens (primary N) is 1. The van der Waals surface area contributed by atoms with E-state index in [9.17, 15) is 0 Å². The number of piperazine rings is 1. The minimum absolute atomic E-state index is 0.689.